The summed E-state index contributed by atoms with van der Waals surface area (Å²) in [7, 11) is 1.56. The fourth-order valence-electron chi connectivity index (χ4n) is 0.0456. The Morgan fingerprint density at radius 3 is 2.60 bits per heavy atom. The second-order valence-electron chi connectivity index (χ2n) is 0.453. The van der Waals surface area contributed by atoms with Crippen molar-refractivity contribution in [1.29, 1.82) is 0 Å². The molecule has 0 unspecified atom stereocenters. The van der Waals surface area contributed by atoms with Gasteiger partial charge < -0.3 is 0 Å². The molecule has 0 aliphatic carbocycles. The molecule has 0 rings (SSSR count). The summed E-state index contributed by atoms with van der Waals surface area (Å²) in [4.78, 5) is 0. The molecule has 2 nitrogen and oxygen atoms in total. The van der Waals surface area contributed by atoms with Gasteiger partial charge in [-0.25, -0.2) is 0 Å². The molecule has 0 aliphatic rings. The van der Waals surface area contributed by atoms with E-state index in [0.29, 0.717) is 0 Å². The average Bonchev–Trinajstić information content (AvgIpc) is 1.41. The number of rotatable bonds is 0. The van der Waals surface area contributed by atoms with E-state index in [0.717, 1.165) is 0 Å². The molecule has 3 heteroatoms. The maximum atomic E-state index is 9.33. The van der Waals surface area contributed by atoms with Gasteiger partial charge in [0.25, 0.3) is 0 Å². The Hall–Kier alpha value is -0.0300. The molecule has 0 aliphatic heterocycles. The summed E-state index contributed by atoms with van der Waals surface area (Å²) in [5.41, 5.74) is 0. The Kier molecular flexibility index (Phi) is 3.95. The summed E-state index contributed by atoms with van der Waals surface area (Å²) >= 11 is 0. The van der Waals surface area contributed by atoms with E-state index >= 15 is 0 Å². The first-order chi connectivity index (χ1) is 2.41. The molecule has 0 spiro atoms. The van der Waals surface area contributed by atoms with Gasteiger partial charge in [0.2, 0.25) is 0 Å². The molecule has 1 N–H and O–H groups in total. The minimum absolute atomic E-state index is 0.0814. The van der Waals surface area contributed by atoms with Gasteiger partial charge >= 0.3 is 30.6 Å². The van der Waals surface area contributed by atoms with Gasteiger partial charge in [-0.1, -0.05) is 0 Å². The molecule has 0 amide bonds. The SMILES string of the molecule is CNC#P=O. The van der Waals surface area contributed by atoms with Crippen molar-refractivity contribution in [3.63, 3.8) is 0 Å². The van der Waals surface area contributed by atoms with Gasteiger partial charge in [-0.3, -0.25) is 0 Å². The molecule has 0 aromatic rings. The van der Waals surface area contributed by atoms with E-state index in [1.165, 1.54) is 0 Å². The molecule has 28 valence electrons. The molecule has 0 bridgehead atoms. The van der Waals surface area contributed by atoms with Gasteiger partial charge in [-0.05, 0) is 0 Å². The van der Waals surface area contributed by atoms with Gasteiger partial charge in [0, 0.05) is 0 Å². The number of hydrogen-bond acceptors (Lipinski definition) is 2. The van der Waals surface area contributed by atoms with Crippen molar-refractivity contribution >= 4 is 7.92 Å². The topological polar surface area (TPSA) is 29.1 Å². The summed E-state index contributed by atoms with van der Waals surface area (Å²) in [6.45, 7) is 0. The fraction of sp³-hybridized carbons (Fsp3) is 0.500. The molecule has 0 heterocycles. The van der Waals surface area contributed by atoms with Crippen molar-refractivity contribution in [1.82, 2.24) is 5.32 Å². The van der Waals surface area contributed by atoms with Gasteiger partial charge in [-0.2, -0.15) is 0 Å². The van der Waals surface area contributed by atoms with Crippen LogP contribution in [0.5, 0.6) is 0 Å². The second kappa shape index (κ2) is 3.97. The molecule has 0 aromatic carbocycles. The van der Waals surface area contributed by atoms with E-state index in [-0.39, 0.29) is 7.92 Å². The van der Waals surface area contributed by atoms with Gasteiger partial charge in [0.05, 0.1) is 0 Å². The van der Waals surface area contributed by atoms with Crippen molar-refractivity contribution in [2.24, 2.45) is 0 Å². The average molecular weight is 89.0 g/mol. The van der Waals surface area contributed by atoms with Crippen molar-refractivity contribution in [2.75, 3.05) is 7.05 Å². The third kappa shape index (κ3) is 3.97. The zero-order chi connectivity index (χ0) is 4.12. The third-order valence-electron chi connectivity index (χ3n) is 0.157. The van der Waals surface area contributed by atoms with Crippen LogP contribution in [0, 0.1) is 5.75 Å². The number of hydrogen-bond donors (Lipinski definition) is 1. The quantitative estimate of drug-likeness (QED) is 0.344. The normalized spacial score (nSPS) is 5.80. The van der Waals surface area contributed by atoms with E-state index in [2.05, 4.69) is 11.1 Å². The monoisotopic (exact) mass is 89.0 g/mol. The van der Waals surface area contributed by atoms with Gasteiger partial charge in [0.15, 0.2) is 0 Å². The van der Waals surface area contributed by atoms with Crippen LogP contribution in [0.1, 0.15) is 0 Å². The molecule has 0 aromatic heterocycles. The van der Waals surface area contributed by atoms with E-state index in [9.17, 15) is 4.57 Å². The Morgan fingerprint density at radius 1 is 2.00 bits per heavy atom. The predicted octanol–water partition coefficient (Wildman–Crippen LogP) is 0.414. The molecule has 0 atom stereocenters. The predicted molar refractivity (Wildman–Crippen MR) is 20.6 cm³/mol. The Balaban J connectivity index is 3.17. The van der Waals surface area contributed by atoms with Crippen LogP contribution in [-0.2, 0) is 4.57 Å². The van der Waals surface area contributed by atoms with Crippen molar-refractivity contribution in [3.05, 3.63) is 0 Å². The summed E-state index contributed by atoms with van der Waals surface area (Å²) < 4.78 is 9.33. The van der Waals surface area contributed by atoms with E-state index in [1.54, 1.807) is 7.05 Å². The first-order valence-electron chi connectivity index (χ1n) is 1.16. The number of nitrogens with one attached hydrogen (secondary N) is 1. The van der Waals surface area contributed by atoms with Crippen LogP contribution in [-0.4, -0.2) is 7.05 Å². The van der Waals surface area contributed by atoms with Gasteiger partial charge in [0.1, 0.15) is 0 Å². The Morgan fingerprint density at radius 2 is 2.60 bits per heavy atom. The maximum absolute atomic E-state index is 9.33. The van der Waals surface area contributed by atoms with Crippen molar-refractivity contribution < 1.29 is 4.57 Å². The first kappa shape index (κ1) is 4.97. The summed E-state index contributed by atoms with van der Waals surface area (Å²) in [5, 5.41) is 2.44. The van der Waals surface area contributed by atoms with Crippen LogP contribution >= 0.6 is 7.92 Å². The van der Waals surface area contributed by atoms with Crippen LogP contribution in [0.2, 0.25) is 0 Å². The van der Waals surface area contributed by atoms with Crippen molar-refractivity contribution in [2.45, 2.75) is 0 Å². The Labute approximate surface area is 31.7 Å². The third-order valence-corrected chi connectivity index (χ3v) is 0.472. The summed E-state index contributed by atoms with van der Waals surface area (Å²) in [6.07, 6.45) is 0. The molecular formula is C2H4NOP. The summed E-state index contributed by atoms with van der Waals surface area (Å²) in [5.74, 6) is 2.28. The van der Waals surface area contributed by atoms with Crippen LogP contribution in [0.25, 0.3) is 0 Å². The molecule has 0 fully saturated rings. The van der Waals surface area contributed by atoms with E-state index < -0.39 is 0 Å². The zero-order valence-electron chi connectivity index (χ0n) is 2.86. The van der Waals surface area contributed by atoms with Crippen LogP contribution in [0.15, 0.2) is 0 Å². The minimum atomic E-state index is -0.0814. The van der Waals surface area contributed by atoms with Crippen LogP contribution < -0.4 is 5.32 Å². The van der Waals surface area contributed by atoms with E-state index in [1.807, 2.05) is 0 Å². The summed E-state index contributed by atoms with van der Waals surface area (Å²) in [6, 6.07) is 0. The standard InChI is InChI=1S/C2H4NOP/c1-3-2-5-4/h3H,1H3. The second-order valence-corrected chi connectivity index (χ2v) is 0.859. The first-order valence-corrected chi connectivity index (χ1v) is 1.97. The zero-order valence-corrected chi connectivity index (χ0v) is 3.75. The Bertz CT molecular complexity index is 91.2. The molecule has 0 saturated carbocycles. The van der Waals surface area contributed by atoms with Crippen LogP contribution in [0.3, 0.4) is 0 Å². The molecule has 5 heavy (non-hydrogen) atoms. The van der Waals surface area contributed by atoms with E-state index in [4.69, 9.17) is 0 Å². The molecular weight excluding hydrogens is 85.0 g/mol. The van der Waals surface area contributed by atoms with Crippen LogP contribution in [0.4, 0.5) is 0 Å². The molecule has 0 saturated heterocycles. The fourth-order valence-corrected chi connectivity index (χ4v) is 0.137. The molecule has 0 radical (unpaired) electrons. The van der Waals surface area contributed by atoms with Gasteiger partial charge in [-0.15, -0.1) is 0 Å². The van der Waals surface area contributed by atoms with Crippen molar-refractivity contribution in [3.8, 4) is 5.75 Å².